The Kier molecular flexibility index (Phi) is 16.1. The molecule has 1 aliphatic heterocycles. The molecule has 1 saturated heterocycles. The van der Waals surface area contributed by atoms with Crippen molar-refractivity contribution in [2.45, 2.75) is 62.7 Å². The number of phosphoric ester groups is 3. The number of carbonyl (C=O) groups excluding carboxylic acids is 2. The van der Waals surface area contributed by atoms with Crippen molar-refractivity contribution >= 4 is 70.1 Å². The number of ether oxygens (including phenoxy) is 1. The van der Waals surface area contributed by atoms with Gasteiger partial charge in [-0.1, -0.05) is 38.1 Å². The van der Waals surface area contributed by atoms with Crippen LogP contribution in [0.5, 0.6) is 0 Å². The van der Waals surface area contributed by atoms with Crippen LogP contribution in [-0.4, -0.2) is 118 Å². The molecule has 2 amide bonds. The molecule has 4 rings (SSSR count). The van der Waals surface area contributed by atoms with E-state index in [-0.39, 0.29) is 35.9 Å². The van der Waals surface area contributed by atoms with Gasteiger partial charge < -0.3 is 50.9 Å². The molecule has 1 aromatic carbocycles. The SMILES string of the molecule is C/C=C/c1ccc(SCCNC(=O)CCNC(=O)C(O)C(C)(C)COP(=O)(O)OP(=O)(O)OC[C@H]2O[C@@H](n3cnc4c(N)ncnc43)[C@H](O)[C@@H]2OP(=O)(O)O)cc1. The Hall–Kier alpha value is -3.15. The summed E-state index contributed by atoms with van der Waals surface area (Å²) in [5.74, 6) is -0.721. The first-order valence-electron chi connectivity index (χ1n) is 16.9. The Labute approximate surface area is 329 Å². The second kappa shape index (κ2) is 19.7. The minimum atomic E-state index is -5.56. The van der Waals surface area contributed by atoms with Crippen molar-refractivity contribution in [3.63, 3.8) is 0 Å². The van der Waals surface area contributed by atoms with Crippen LogP contribution < -0.4 is 16.4 Å². The van der Waals surface area contributed by atoms with E-state index in [0.29, 0.717) is 12.3 Å². The maximum atomic E-state index is 12.7. The van der Waals surface area contributed by atoms with Gasteiger partial charge in [-0.2, -0.15) is 4.31 Å². The number of fused-ring (bicyclic) bond motifs is 1. The van der Waals surface area contributed by atoms with Crippen LogP contribution in [0, 0.1) is 5.41 Å². The molecule has 1 fully saturated rings. The van der Waals surface area contributed by atoms with E-state index in [1.807, 2.05) is 43.3 Å². The summed E-state index contributed by atoms with van der Waals surface area (Å²) >= 11 is 1.56. The third-order valence-corrected chi connectivity index (χ3v) is 12.1. The number of imidazole rings is 1. The first kappa shape index (κ1) is 46.5. The predicted molar refractivity (Wildman–Crippen MR) is 202 cm³/mol. The zero-order valence-corrected chi connectivity index (χ0v) is 34.1. The monoisotopic (exact) mass is 883 g/mol. The van der Waals surface area contributed by atoms with Crippen LogP contribution in [0.15, 0.2) is 47.9 Å². The molecule has 3 aromatic rings. The lowest BCUT2D eigenvalue weighted by molar-refractivity contribution is -0.137. The van der Waals surface area contributed by atoms with Gasteiger partial charge in [0.25, 0.3) is 0 Å². The number of anilines is 1. The molecule has 0 spiro atoms. The summed E-state index contributed by atoms with van der Waals surface area (Å²) in [7, 11) is -16.4. The standard InChI is InChI=1S/C30H44N7O16P3S/c1-4-5-18-6-8-19(9-7-18)57-13-12-32-21(38)10-11-33-28(41)25(40)30(2,3)15-50-56(47,48)53-55(45,46)49-14-20-24(52-54(42,43)44)23(39)29(51-20)37-17-36-22-26(31)34-16-35-27(22)37/h4-9,16-17,20,23-25,29,39-40H,10-15H2,1-3H3,(H,32,38)(H,33,41)(H,45,46)(H,47,48)(H2,31,34,35)(H2,42,43,44)/b5-4+/t20-,23-,24-,25?,29-/m1/s1. The lowest BCUT2D eigenvalue weighted by Gasteiger charge is -2.30. The number of hydrogen-bond donors (Lipinski definition) is 9. The number of nitrogens with two attached hydrogens (primary N) is 1. The zero-order valence-electron chi connectivity index (χ0n) is 30.6. The number of aliphatic hydroxyl groups excluding tert-OH is 2. The molecule has 0 radical (unpaired) electrons. The van der Waals surface area contributed by atoms with Gasteiger partial charge in [-0.3, -0.25) is 27.7 Å². The van der Waals surface area contributed by atoms with Gasteiger partial charge in [0.05, 0.1) is 19.5 Å². The predicted octanol–water partition coefficient (Wildman–Crippen LogP) is 1.23. The van der Waals surface area contributed by atoms with E-state index >= 15 is 0 Å². The number of nitrogens with one attached hydrogen (secondary N) is 2. The molecular formula is C30H44N7O16P3S. The summed E-state index contributed by atoms with van der Waals surface area (Å²) < 4.78 is 62.2. The molecule has 0 bridgehead atoms. The van der Waals surface area contributed by atoms with E-state index in [4.69, 9.17) is 19.5 Å². The molecule has 57 heavy (non-hydrogen) atoms. The average molecular weight is 884 g/mol. The quantitative estimate of drug-likeness (QED) is 0.0413. The molecule has 0 saturated carbocycles. The van der Waals surface area contributed by atoms with E-state index in [1.54, 1.807) is 11.8 Å². The second-order valence-electron chi connectivity index (χ2n) is 13.0. The van der Waals surface area contributed by atoms with Crippen molar-refractivity contribution in [3.05, 3.63) is 48.6 Å². The van der Waals surface area contributed by atoms with Crippen LogP contribution in [0.4, 0.5) is 5.82 Å². The largest absolute Gasteiger partial charge is 0.481 e. The molecule has 27 heteroatoms. The first-order chi connectivity index (χ1) is 26.6. The van der Waals surface area contributed by atoms with E-state index in [0.717, 1.165) is 27.7 Å². The van der Waals surface area contributed by atoms with Crippen LogP contribution in [0.1, 0.15) is 39.0 Å². The number of allylic oxidation sites excluding steroid dienone is 1. The zero-order chi connectivity index (χ0) is 42.2. The molecule has 2 aromatic heterocycles. The fraction of sp³-hybridized carbons (Fsp3) is 0.500. The van der Waals surface area contributed by atoms with Crippen LogP contribution in [0.2, 0.25) is 0 Å². The van der Waals surface area contributed by atoms with Gasteiger partial charge in [0.2, 0.25) is 11.8 Å². The van der Waals surface area contributed by atoms with Gasteiger partial charge in [0.1, 0.15) is 36.3 Å². The molecule has 316 valence electrons. The fourth-order valence-corrected chi connectivity index (χ4v) is 8.76. The number of aliphatic hydroxyl groups is 2. The highest BCUT2D eigenvalue weighted by Gasteiger charge is 2.50. The van der Waals surface area contributed by atoms with Crippen molar-refractivity contribution in [1.82, 2.24) is 30.2 Å². The van der Waals surface area contributed by atoms with Crippen LogP contribution in [0.25, 0.3) is 17.2 Å². The number of phosphoric acid groups is 3. The van der Waals surface area contributed by atoms with Crippen molar-refractivity contribution < 1.29 is 75.7 Å². The smallest absolute Gasteiger partial charge is 0.386 e. The molecule has 7 atom stereocenters. The van der Waals surface area contributed by atoms with Gasteiger partial charge in [-0.05, 0) is 24.6 Å². The maximum absolute atomic E-state index is 12.7. The lowest BCUT2D eigenvalue weighted by atomic mass is 9.87. The summed E-state index contributed by atoms with van der Waals surface area (Å²) in [6, 6.07) is 7.92. The number of benzene rings is 1. The first-order valence-corrected chi connectivity index (χ1v) is 22.4. The number of amides is 2. The normalized spacial score (nSPS) is 21.6. The average Bonchev–Trinajstić information content (AvgIpc) is 3.69. The Morgan fingerprint density at radius 3 is 2.40 bits per heavy atom. The highest BCUT2D eigenvalue weighted by molar-refractivity contribution is 7.99. The molecule has 10 N–H and O–H groups in total. The summed E-state index contributed by atoms with van der Waals surface area (Å²) in [5, 5.41) is 26.6. The molecule has 0 aliphatic carbocycles. The number of hydrogen-bond acceptors (Lipinski definition) is 17. The van der Waals surface area contributed by atoms with Gasteiger partial charge in [-0.15, -0.1) is 11.8 Å². The Morgan fingerprint density at radius 1 is 1.05 bits per heavy atom. The molecule has 23 nitrogen and oxygen atoms in total. The molecule has 3 unspecified atom stereocenters. The van der Waals surface area contributed by atoms with Crippen LogP contribution in [0.3, 0.4) is 0 Å². The third-order valence-electron chi connectivity index (χ3n) is 8.01. The number of aromatic nitrogens is 4. The summed E-state index contributed by atoms with van der Waals surface area (Å²) in [5.41, 5.74) is 5.38. The molecule has 3 heterocycles. The number of carbonyl (C=O) groups is 2. The third kappa shape index (κ3) is 13.7. The highest BCUT2D eigenvalue weighted by atomic mass is 32.2. The minimum Gasteiger partial charge on any atom is -0.386 e. The van der Waals surface area contributed by atoms with Crippen LogP contribution in [-0.2, 0) is 45.9 Å². The summed E-state index contributed by atoms with van der Waals surface area (Å²) in [4.78, 5) is 76.9. The lowest BCUT2D eigenvalue weighted by Crippen LogP contribution is -2.46. The van der Waals surface area contributed by atoms with E-state index in [9.17, 15) is 53.1 Å². The minimum absolute atomic E-state index is 0.0368. The van der Waals surface area contributed by atoms with Gasteiger partial charge in [0, 0.05) is 35.6 Å². The second-order valence-corrected chi connectivity index (χ2v) is 18.4. The Morgan fingerprint density at radius 2 is 1.74 bits per heavy atom. The van der Waals surface area contributed by atoms with E-state index < -0.39 is 78.6 Å². The summed E-state index contributed by atoms with van der Waals surface area (Å²) in [6.07, 6.45) is -2.86. The van der Waals surface area contributed by atoms with E-state index in [1.165, 1.54) is 13.8 Å². The fourth-order valence-electron chi connectivity index (χ4n) is 5.17. The van der Waals surface area contributed by atoms with Crippen molar-refractivity contribution in [1.29, 1.82) is 0 Å². The molecular weight excluding hydrogens is 839 g/mol. The van der Waals surface area contributed by atoms with Crippen molar-refractivity contribution in [2.75, 3.05) is 37.8 Å². The number of nitrogens with zero attached hydrogens (tertiary/aromatic N) is 4. The van der Waals surface area contributed by atoms with Crippen LogP contribution >= 0.6 is 35.2 Å². The van der Waals surface area contributed by atoms with Gasteiger partial charge >= 0.3 is 23.5 Å². The van der Waals surface area contributed by atoms with Crippen molar-refractivity contribution in [2.24, 2.45) is 5.41 Å². The highest BCUT2D eigenvalue weighted by Crippen LogP contribution is 2.61. The number of thioether (sulfide) groups is 1. The number of rotatable bonds is 21. The van der Waals surface area contributed by atoms with Gasteiger partial charge in [-0.25, -0.2) is 28.6 Å². The number of nitrogen functional groups attached to an aromatic ring is 1. The van der Waals surface area contributed by atoms with E-state index in [2.05, 4.69) is 34.4 Å². The topological polar surface area (TPSA) is 347 Å². The Balaban J connectivity index is 1.23. The maximum Gasteiger partial charge on any atom is 0.481 e. The molecule has 1 aliphatic rings. The Bertz CT molecular complexity index is 2030. The summed E-state index contributed by atoms with van der Waals surface area (Å²) in [6.45, 7) is 2.72. The van der Waals surface area contributed by atoms with Crippen molar-refractivity contribution in [3.8, 4) is 0 Å². The van der Waals surface area contributed by atoms with Gasteiger partial charge in [0.15, 0.2) is 17.7 Å².